The van der Waals surface area contributed by atoms with Crippen molar-refractivity contribution in [2.45, 2.75) is 39.7 Å². The summed E-state index contributed by atoms with van der Waals surface area (Å²) in [6, 6.07) is 12.7. The molecule has 0 amide bonds. The van der Waals surface area contributed by atoms with Crippen LogP contribution in [0.4, 0.5) is 5.69 Å². The van der Waals surface area contributed by atoms with E-state index in [4.69, 9.17) is 9.47 Å². The van der Waals surface area contributed by atoms with E-state index in [1.54, 1.807) is 14.2 Å². The first-order valence-electron chi connectivity index (χ1n) is 10.1. The van der Waals surface area contributed by atoms with Gasteiger partial charge < -0.3 is 19.4 Å². The molecule has 0 saturated carbocycles. The minimum absolute atomic E-state index is 0.465. The molecule has 0 radical (unpaired) electrons. The number of anilines is 1. The van der Waals surface area contributed by atoms with Crippen molar-refractivity contribution in [1.82, 2.24) is 9.55 Å². The Morgan fingerprint density at radius 2 is 1.83 bits per heavy atom. The molecule has 2 aromatic carbocycles. The molecule has 0 aliphatic carbocycles. The summed E-state index contributed by atoms with van der Waals surface area (Å²) in [6.45, 7) is 8.28. The van der Waals surface area contributed by atoms with Gasteiger partial charge in [0.15, 0.2) is 11.5 Å². The van der Waals surface area contributed by atoms with Crippen LogP contribution in [-0.4, -0.2) is 30.3 Å². The number of nitrogens with one attached hydrogen (secondary N) is 1. The van der Waals surface area contributed by atoms with Crippen molar-refractivity contribution in [2.75, 3.05) is 26.1 Å². The van der Waals surface area contributed by atoms with Gasteiger partial charge in [-0.1, -0.05) is 26.0 Å². The summed E-state index contributed by atoms with van der Waals surface area (Å²) in [6.07, 6.45) is 4.99. The minimum Gasteiger partial charge on any atom is -0.493 e. The van der Waals surface area contributed by atoms with Crippen molar-refractivity contribution in [3.63, 3.8) is 0 Å². The van der Waals surface area contributed by atoms with Crippen LogP contribution in [-0.2, 0) is 6.54 Å². The molecule has 29 heavy (non-hydrogen) atoms. The average molecular weight is 394 g/mol. The standard InChI is InChI=1S/C24H31N3O2/c1-17(2)19-7-9-22(25-11-6-12-27-15-18(3)26-16-27)21(13-19)20-8-10-23(28-4)24(14-20)29-5/h7-10,13-17,25H,6,11-12H2,1-5H3. The highest BCUT2D eigenvalue weighted by Crippen LogP contribution is 2.36. The van der Waals surface area contributed by atoms with Crippen LogP contribution in [0.5, 0.6) is 11.5 Å². The van der Waals surface area contributed by atoms with Crippen molar-refractivity contribution >= 4 is 5.69 Å². The van der Waals surface area contributed by atoms with E-state index in [9.17, 15) is 0 Å². The van der Waals surface area contributed by atoms with Crippen LogP contribution in [0.15, 0.2) is 48.9 Å². The molecule has 1 N–H and O–H groups in total. The molecule has 0 spiro atoms. The number of imidazole rings is 1. The monoisotopic (exact) mass is 393 g/mol. The normalized spacial score (nSPS) is 11.0. The number of methoxy groups -OCH3 is 2. The van der Waals surface area contributed by atoms with Crippen molar-refractivity contribution in [2.24, 2.45) is 0 Å². The Morgan fingerprint density at radius 1 is 1.03 bits per heavy atom. The van der Waals surface area contributed by atoms with Crippen LogP contribution in [0.25, 0.3) is 11.1 Å². The molecule has 0 fully saturated rings. The molecule has 0 aliphatic heterocycles. The van der Waals surface area contributed by atoms with E-state index in [1.807, 2.05) is 25.4 Å². The summed E-state index contributed by atoms with van der Waals surface area (Å²) in [5.74, 6) is 1.94. The molecule has 1 heterocycles. The second-order valence-corrected chi connectivity index (χ2v) is 7.56. The fourth-order valence-corrected chi connectivity index (χ4v) is 3.40. The van der Waals surface area contributed by atoms with Crippen LogP contribution in [0.2, 0.25) is 0 Å². The van der Waals surface area contributed by atoms with E-state index >= 15 is 0 Å². The molecule has 3 aromatic rings. The first kappa shape index (κ1) is 20.8. The van der Waals surface area contributed by atoms with E-state index < -0.39 is 0 Å². The third-order valence-electron chi connectivity index (χ3n) is 5.08. The van der Waals surface area contributed by atoms with E-state index in [-0.39, 0.29) is 0 Å². The molecule has 154 valence electrons. The van der Waals surface area contributed by atoms with Gasteiger partial charge in [0.2, 0.25) is 0 Å². The van der Waals surface area contributed by atoms with Crippen molar-refractivity contribution in [3.05, 3.63) is 60.2 Å². The summed E-state index contributed by atoms with van der Waals surface area (Å²) < 4.78 is 13.0. The van der Waals surface area contributed by atoms with Gasteiger partial charge in [-0.2, -0.15) is 0 Å². The van der Waals surface area contributed by atoms with E-state index in [2.05, 4.69) is 59.2 Å². The molecule has 5 nitrogen and oxygen atoms in total. The molecule has 0 atom stereocenters. The molecule has 1 aromatic heterocycles. The molecular weight excluding hydrogens is 362 g/mol. The molecule has 5 heteroatoms. The van der Waals surface area contributed by atoms with Gasteiger partial charge in [-0.05, 0) is 54.7 Å². The van der Waals surface area contributed by atoms with Gasteiger partial charge in [0.05, 0.1) is 26.2 Å². The van der Waals surface area contributed by atoms with E-state index in [1.165, 1.54) is 11.1 Å². The second-order valence-electron chi connectivity index (χ2n) is 7.56. The zero-order valence-corrected chi connectivity index (χ0v) is 18.0. The predicted octanol–water partition coefficient (Wildman–Crippen LogP) is 5.50. The Morgan fingerprint density at radius 3 is 2.48 bits per heavy atom. The number of benzene rings is 2. The van der Waals surface area contributed by atoms with E-state index in [0.29, 0.717) is 5.92 Å². The van der Waals surface area contributed by atoms with Crippen LogP contribution in [0.3, 0.4) is 0 Å². The Labute approximate surface area is 173 Å². The number of aryl methyl sites for hydroxylation is 2. The Hall–Kier alpha value is -2.95. The number of aromatic nitrogens is 2. The average Bonchev–Trinajstić information content (AvgIpc) is 3.15. The summed E-state index contributed by atoms with van der Waals surface area (Å²) in [7, 11) is 3.33. The largest absolute Gasteiger partial charge is 0.493 e. The van der Waals surface area contributed by atoms with Gasteiger partial charge in [-0.25, -0.2) is 4.98 Å². The third kappa shape index (κ3) is 5.11. The van der Waals surface area contributed by atoms with Crippen molar-refractivity contribution < 1.29 is 9.47 Å². The maximum Gasteiger partial charge on any atom is 0.161 e. The quantitative estimate of drug-likeness (QED) is 0.488. The zero-order valence-electron chi connectivity index (χ0n) is 18.0. The molecule has 0 aliphatic rings. The van der Waals surface area contributed by atoms with Crippen LogP contribution >= 0.6 is 0 Å². The molecule has 0 bridgehead atoms. The van der Waals surface area contributed by atoms with Gasteiger partial charge in [0, 0.05) is 30.5 Å². The number of rotatable bonds is 9. The van der Waals surface area contributed by atoms with Crippen LogP contribution in [0, 0.1) is 6.92 Å². The van der Waals surface area contributed by atoms with Crippen LogP contribution in [0.1, 0.15) is 37.4 Å². The fraction of sp³-hybridized carbons (Fsp3) is 0.375. The molecule has 3 rings (SSSR count). The third-order valence-corrected chi connectivity index (χ3v) is 5.08. The fourth-order valence-electron chi connectivity index (χ4n) is 3.40. The maximum atomic E-state index is 5.51. The SMILES string of the molecule is COc1ccc(-c2cc(C(C)C)ccc2NCCCn2cnc(C)c2)cc1OC. The molecule has 0 unspecified atom stereocenters. The van der Waals surface area contributed by atoms with Crippen molar-refractivity contribution in [3.8, 4) is 22.6 Å². The first-order chi connectivity index (χ1) is 14.0. The van der Waals surface area contributed by atoms with Gasteiger partial charge in [0.1, 0.15) is 0 Å². The summed E-state index contributed by atoms with van der Waals surface area (Å²) in [5.41, 5.74) is 5.78. The van der Waals surface area contributed by atoms with Crippen molar-refractivity contribution in [1.29, 1.82) is 0 Å². The highest BCUT2D eigenvalue weighted by atomic mass is 16.5. The Bertz CT molecular complexity index is 947. The number of hydrogen-bond donors (Lipinski definition) is 1. The summed E-state index contributed by atoms with van der Waals surface area (Å²) in [5, 5.41) is 3.62. The first-order valence-corrected chi connectivity index (χ1v) is 10.1. The van der Waals surface area contributed by atoms with Gasteiger partial charge in [-0.15, -0.1) is 0 Å². The maximum absolute atomic E-state index is 5.51. The summed E-state index contributed by atoms with van der Waals surface area (Å²) >= 11 is 0. The Balaban J connectivity index is 1.81. The number of hydrogen-bond acceptors (Lipinski definition) is 4. The molecule has 0 saturated heterocycles. The smallest absolute Gasteiger partial charge is 0.161 e. The predicted molar refractivity (Wildman–Crippen MR) is 119 cm³/mol. The number of ether oxygens (including phenoxy) is 2. The summed E-state index contributed by atoms with van der Waals surface area (Å²) in [4.78, 5) is 4.28. The topological polar surface area (TPSA) is 48.3 Å². The lowest BCUT2D eigenvalue weighted by Gasteiger charge is -2.17. The zero-order chi connectivity index (χ0) is 20.8. The van der Waals surface area contributed by atoms with Crippen LogP contribution < -0.4 is 14.8 Å². The Kier molecular flexibility index (Phi) is 6.81. The van der Waals surface area contributed by atoms with Gasteiger partial charge in [-0.3, -0.25) is 0 Å². The highest BCUT2D eigenvalue weighted by Gasteiger charge is 2.12. The lowest BCUT2D eigenvalue weighted by atomic mass is 9.95. The van der Waals surface area contributed by atoms with Gasteiger partial charge in [0.25, 0.3) is 0 Å². The van der Waals surface area contributed by atoms with E-state index in [0.717, 1.165) is 48.0 Å². The second kappa shape index (κ2) is 9.50. The number of nitrogens with zero attached hydrogens (tertiary/aromatic N) is 2. The minimum atomic E-state index is 0.465. The lowest BCUT2D eigenvalue weighted by molar-refractivity contribution is 0.355. The lowest BCUT2D eigenvalue weighted by Crippen LogP contribution is -2.07. The van der Waals surface area contributed by atoms with Gasteiger partial charge >= 0.3 is 0 Å². The highest BCUT2D eigenvalue weighted by molar-refractivity contribution is 5.80. The molecular formula is C24H31N3O2.